The number of carboxylic acid groups (broad SMARTS) is 6. The van der Waals surface area contributed by atoms with Crippen molar-refractivity contribution in [3.63, 3.8) is 0 Å². The number of hydrogen-bond acceptors (Lipinski definition) is 29. The van der Waals surface area contributed by atoms with Gasteiger partial charge in [0.15, 0.2) is 103 Å². The number of carbonyl (C=O) groups is 6. The van der Waals surface area contributed by atoms with E-state index in [2.05, 4.69) is 0 Å². The van der Waals surface area contributed by atoms with E-state index in [0.29, 0.717) is 60.0 Å². The van der Waals surface area contributed by atoms with Gasteiger partial charge in [-0.1, -0.05) is 42.5 Å². The van der Waals surface area contributed by atoms with E-state index < -0.39 is 59.5 Å². The Hall–Kier alpha value is -14.3. The van der Waals surface area contributed by atoms with Crippen LogP contribution in [0.3, 0.4) is 0 Å². The maximum absolute atomic E-state index is 10.4. The molecule has 9 aromatic rings. The molecule has 0 radical (unpaired) electrons. The number of carboxylic acids is 6. The Morgan fingerprint density at radius 3 is 1.02 bits per heavy atom. The molecule has 9 rings (SSSR count). The number of phenolic OH excluding ortho intramolecular Hbond substituents is 18. The topological polar surface area (TPSA) is 706 Å². The molecule has 0 saturated carbocycles. The number of aryl methyl sites for hydroxylation is 2. The lowest BCUT2D eigenvalue weighted by molar-refractivity contribution is -0.139. The van der Waals surface area contributed by atoms with Crippen LogP contribution in [0.5, 0.6) is 103 Å². The van der Waals surface area contributed by atoms with Gasteiger partial charge in [0.05, 0.1) is 23.7 Å². The molecule has 0 spiro atoms. The number of aliphatic hydroxyl groups excluding tert-OH is 2. The first kappa shape index (κ1) is 92.8. The second-order valence-corrected chi connectivity index (χ2v) is 22.0. The number of aromatic hydroxyl groups is 18. The SMILES string of the molecule is NC(Cc1ccc(O)c(O)c1)C(=O)O.NCC(O)c1ccc(O)c(O)c1.NCCc1ccc(O)c(O)c1.O=C(O)/C=C/c1ccc(O)c(O)c1.O=C(O)CCc1ccc(O)c(O)c1.O=C(O)Cc1ccc(O)c(O)c1.O=C(O)c1ccc(O)c(O)c1.O=C(O)c1ccc(O)c(O)c1.OCCCc1ccc(O)c(O)c1. The number of phenols is 18. The van der Waals surface area contributed by atoms with Crippen molar-refractivity contribution in [2.75, 3.05) is 19.7 Å². The van der Waals surface area contributed by atoms with Crippen LogP contribution in [0.25, 0.3) is 6.08 Å². The fraction of sp³-hybridized carbons (Fsp3) is 0.162. The summed E-state index contributed by atoms with van der Waals surface area (Å²) in [7, 11) is 0. The Morgan fingerprint density at radius 2 is 0.688 bits per heavy atom. The zero-order valence-electron chi connectivity index (χ0n) is 57.3. The molecule has 32 N–H and O–H groups in total. The van der Waals surface area contributed by atoms with Crippen LogP contribution in [0.15, 0.2) is 170 Å². The van der Waals surface area contributed by atoms with Crippen molar-refractivity contribution in [1.82, 2.24) is 0 Å². The molecule has 0 fully saturated rings. The number of hydrogen-bond donors (Lipinski definition) is 29. The molecule has 35 nitrogen and oxygen atoms in total. The molecule has 0 aliphatic heterocycles. The van der Waals surface area contributed by atoms with Crippen LogP contribution in [-0.4, -0.2) is 194 Å². The van der Waals surface area contributed by atoms with Gasteiger partial charge in [0.25, 0.3) is 0 Å². The minimum absolute atomic E-state index is 0.0181. The highest BCUT2D eigenvalue weighted by atomic mass is 16.4. The number of aliphatic hydroxyl groups is 2. The molecule has 2 unspecified atom stereocenters. The van der Waals surface area contributed by atoms with Gasteiger partial charge >= 0.3 is 35.8 Å². The Balaban J connectivity index is 0.000000614. The monoisotopic (exact) mass is 1530 g/mol. The van der Waals surface area contributed by atoms with Crippen LogP contribution < -0.4 is 17.2 Å². The molecular formula is C74H83N3O32. The standard InChI is InChI=1S/C9H11NO4.C9H10O4.C9H8O4.C9H12O3.C8H11NO3.C8H11NO2.C8H8O4.2C7H6O4/c10-6(9(13)14)3-5-1-2-7(11)8(12)4-5;2*10-7-3-1-6(5-8(7)11)2-4-9(12)13;10-5-1-2-7-3-4-8(11)9(12)6-7;9-4-8(12)5-1-2-6(10)7(11)3-5;9-4-3-6-1-2-7(10)8(11)5-6;9-6-2-1-5(3-7(6)10)4-8(11)12;2*8-5-2-1-4(7(10)11)3-6(5)9/h1-2,4,6,11-12H,3,10H2,(H,13,14);1,3,5,10-11H,2,4H2,(H,12,13);1-5,10-11H,(H,12,13);3-4,6,10-12H,1-2,5H2;1-3,8,10-12H,4,9H2;1-2,5,10-11H,3-4,9H2;1-3,9-10H,4H2,(H,11,12);2*1-3,8-9H,(H,10,11)/b;;4-2+;;;;;;. The van der Waals surface area contributed by atoms with E-state index >= 15 is 0 Å². The summed E-state index contributed by atoms with van der Waals surface area (Å²) in [6, 6.07) is 35.5. The molecule has 109 heavy (non-hydrogen) atoms. The molecule has 0 amide bonds. The van der Waals surface area contributed by atoms with Crippen molar-refractivity contribution in [1.29, 1.82) is 0 Å². The van der Waals surface area contributed by atoms with Crippen LogP contribution in [0.1, 0.15) is 78.6 Å². The third-order valence-corrected chi connectivity index (χ3v) is 13.5. The van der Waals surface area contributed by atoms with Gasteiger partial charge in [0.1, 0.15) is 6.04 Å². The molecular weight excluding hydrogens is 1440 g/mol. The van der Waals surface area contributed by atoms with Crippen molar-refractivity contribution in [2.24, 2.45) is 17.2 Å². The zero-order valence-corrected chi connectivity index (χ0v) is 57.3. The lowest BCUT2D eigenvalue weighted by Crippen LogP contribution is -2.32. The molecule has 586 valence electrons. The average Bonchev–Trinajstić information content (AvgIpc) is 0.861. The normalized spacial score (nSPS) is 10.5. The van der Waals surface area contributed by atoms with Crippen LogP contribution in [0.2, 0.25) is 0 Å². The summed E-state index contributed by atoms with van der Waals surface area (Å²) in [4.78, 5) is 61.5. The summed E-state index contributed by atoms with van der Waals surface area (Å²) in [5.74, 6) is -10.6. The lowest BCUT2D eigenvalue weighted by Gasteiger charge is -2.08. The summed E-state index contributed by atoms with van der Waals surface area (Å²) < 4.78 is 0. The fourth-order valence-electron chi connectivity index (χ4n) is 7.77. The second-order valence-electron chi connectivity index (χ2n) is 22.0. The highest BCUT2D eigenvalue weighted by Gasteiger charge is 2.14. The lowest BCUT2D eigenvalue weighted by atomic mass is 10.1. The number of rotatable bonds is 19. The first-order chi connectivity index (χ1) is 51.1. The number of nitrogens with two attached hydrogens (primary N) is 3. The van der Waals surface area contributed by atoms with Crippen LogP contribution in [0, 0.1) is 0 Å². The molecule has 35 heteroatoms. The van der Waals surface area contributed by atoms with Crippen molar-refractivity contribution in [3.8, 4) is 103 Å². The molecule has 0 bridgehead atoms. The Labute approximate surface area is 618 Å². The van der Waals surface area contributed by atoms with Gasteiger partial charge in [0.2, 0.25) is 0 Å². The van der Waals surface area contributed by atoms with Gasteiger partial charge in [-0.25, -0.2) is 14.4 Å². The predicted molar refractivity (Wildman–Crippen MR) is 387 cm³/mol. The minimum Gasteiger partial charge on any atom is -0.504 e. The third kappa shape index (κ3) is 37.1. The van der Waals surface area contributed by atoms with Gasteiger partial charge in [-0.2, -0.15) is 0 Å². The smallest absolute Gasteiger partial charge is 0.335 e. The fourth-order valence-corrected chi connectivity index (χ4v) is 7.77. The number of aromatic carboxylic acids is 2. The summed E-state index contributed by atoms with van der Waals surface area (Å²) in [6.45, 7) is 0.774. The first-order valence-electron chi connectivity index (χ1n) is 31.2. The largest absolute Gasteiger partial charge is 0.504 e. The van der Waals surface area contributed by atoms with Gasteiger partial charge in [-0.05, 0) is 205 Å². The molecule has 0 saturated heterocycles. The van der Waals surface area contributed by atoms with Crippen LogP contribution >= 0.6 is 0 Å². The Morgan fingerprint density at radius 1 is 0.358 bits per heavy atom. The number of aliphatic carboxylic acids is 4. The molecule has 2 atom stereocenters. The summed E-state index contributed by atoms with van der Waals surface area (Å²) >= 11 is 0. The van der Waals surface area contributed by atoms with E-state index in [1.807, 2.05) is 0 Å². The number of benzene rings is 9. The Kier molecular flexibility index (Phi) is 40.8. The van der Waals surface area contributed by atoms with E-state index in [4.69, 9.17) is 145 Å². The maximum atomic E-state index is 10.4. The van der Waals surface area contributed by atoms with Crippen molar-refractivity contribution in [2.45, 2.75) is 57.1 Å². The molecule has 0 aromatic heterocycles. The van der Waals surface area contributed by atoms with E-state index in [1.165, 1.54) is 127 Å². The van der Waals surface area contributed by atoms with Crippen molar-refractivity contribution in [3.05, 3.63) is 220 Å². The maximum Gasteiger partial charge on any atom is 0.335 e. The van der Waals surface area contributed by atoms with Gasteiger partial charge in [-0.15, -0.1) is 0 Å². The summed E-state index contributed by atoms with van der Waals surface area (Å²) in [5.41, 5.74) is 20.3. The highest BCUT2D eigenvalue weighted by Crippen LogP contribution is 2.32. The van der Waals surface area contributed by atoms with Crippen molar-refractivity contribution < 1.29 is 162 Å². The summed E-state index contributed by atoms with van der Waals surface area (Å²) in [6.07, 6.45) is 3.90. The Bertz CT molecular complexity index is 4410. The molecule has 0 heterocycles. The third-order valence-electron chi connectivity index (χ3n) is 13.5. The minimum atomic E-state index is -1.14. The van der Waals surface area contributed by atoms with Gasteiger partial charge in [0, 0.05) is 25.6 Å². The molecule has 0 aliphatic rings. The predicted octanol–water partition coefficient (Wildman–Crippen LogP) is 6.39. The first-order valence-corrected chi connectivity index (χ1v) is 31.2. The highest BCUT2D eigenvalue weighted by molar-refractivity contribution is 5.89. The van der Waals surface area contributed by atoms with Crippen molar-refractivity contribution >= 4 is 41.9 Å². The van der Waals surface area contributed by atoms with E-state index in [1.54, 1.807) is 18.2 Å². The van der Waals surface area contributed by atoms with E-state index in [-0.39, 0.29) is 136 Å². The van der Waals surface area contributed by atoms with E-state index in [9.17, 15) is 33.9 Å². The van der Waals surface area contributed by atoms with Gasteiger partial charge in [-0.3, -0.25) is 14.4 Å². The average molecular weight is 1530 g/mol. The second kappa shape index (κ2) is 47.9. The zero-order chi connectivity index (χ0) is 82.8. The van der Waals surface area contributed by atoms with E-state index in [0.717, 1.165) is 41.5 Å². The quantitative estimate of drug-likeness (QED) is 0.0308. The summed E-state index contributed by atoms with van der Waals surface area (Å²) in [5, 5.41) is 229. The molecule has 9 aromatic carbocycles. The molecule has 0 aliphatic carbocycles. The van der Waals surface area contributed by atoms with Crippen LogP contribution in [0.4, 0.5) is 0 Å². The van der Waals surface area contributed by atoms with Crippen LogP contribution in [-0.2, 0) is 51.3 Å². The van der Waals surface area contributed by atoms with Gasteiger partial charge < -0.3 is 150 Å².